The topological polar surface area (TPSA) is 58.8 Å². The number of rotatable bonds is 5. The Labute approximate surface area is 137 Å². The van der Waals surface area contributed by atoms with Gasteiger partial charge in [0.1, 0.15) is 0 Å². The molecule has 0 radical (unpaired) electrons. The first-order chi connectivity index (χ1) is 11.2. The Morgan fingerprint density at radius 3 is 2.52 bits per heavy atom. The summed E-state index contributed by atoms with van der Waals surface area (Å²) in [6, 6.07) is 5.17. The maximum atomic E-state index is 11.0. The van der Waals surface area contributed by atoms with Gasteiger partial charge in [-0.25, -0.2) is 0 Å². The van der Waals surface area contributed by atoms with E-state index in [9.17, 15) is 10.1 Å². The second-order valence-electron chi connectivity index (χ2n) is 6.55. The van der Waals surface area contributed by atoms with Crippen molar-refractivity contribution in [2.45, 2.75) is 25.7 Å². The van der Waals surface area contributed by atoms with E-state index in [4.69, 9.17) is 4.74 Å². The van der Waals surface area contributed by atoms with E-state index in [1.54, 1.807) is 12.1 Å². The number of nitrogens with zero attached hydrogens (tertiary/aromatic N) is 3. The number of hydrogen-bond donors (Lipinski definition) is 0. The van der Waals surface area contributed by atoms with Crippen molar-refractivity contribution < 1.29 is 9.66 Å². The number of benzene rings is 1. The molecule has 0 saturated carbocycles. The summed E-state index contributed by atoms with van der Waals surface area (Å²) in [4.78, 5) is 15.5. The first-order valence-electron chi connectivity index (χ1n) is 8.47. The molecule has 126 valence electrons. The summed E-state index contributed by atoms with van der Waals surface area (Å²) in [5, 5.41) is 11.0. The van der Waals surface area contributed by atoms with Crippen LogP contribution in [0.3, 0.4) is 0 Å². The van der Waals surface area contributed by atoms with Crippen LogP contribution in [0.15, 0.2) is 18.2 Å². The van der Waals surface area contributed by atoms with E-state index in [0.717, 1.165) is 24.7 Å². The van der Waals surface area contributed by atoms with Gasteiger partial charge in [-0.15, -0.1) is 0 Å². The lowest BCUT2D eigenvalue weighted by atomic mass is 9.96. The molecule has 2 aliphatic rings. The van der Waals surface area contributed by atoms with Crippen molar-refractivity contribution >= 4 is 11.4 Å². The van der Waals surface area contributed by atoms with Gasteiger partial charge < -0.3 is 14.5 Å². The summed E-state index contributed by atoms with van der Waals surface area (Å²) >= 11 is 0. The quantitative estimate of drug-likeness (QED) is 0.617. The van der Waals surface area contributed by atoms with E-state index in [1.165, 1.54) is 52.4 Å². The summed E-state index contributed by atoms with van der Waals surface area (Å²) in [6.07, 6.45) is 5.08. The second kappa shape index (κ2) is 7.17. The van der Waals surface area contributed by atoms with Crippen LogP contribution in [0.1, 0.15) is 25.7 Å². The Kier molecular flexibility index (Phi) is 5.00. The van der Waals surface area contributed by atoms with Gasteiger partial charge in [0.25, 0.3) is 0 Å². The van der Waals surface area contributed by atoms with Crippen molar-refractivity contribution in [3.8, 4) is 5.75 Å². The molecule has 3 rings (SSSR count). The number of piperidine rings is 1. The molecule has 0 aromatic heterocycles. The average Bonchev–Trinajstić information content (AvgIpc) is 3.08. The zero-order valence-corrected chi connectivity index (χ0v) is 13.7. The van der Waals surface area contributed by atoms with E-state index >= 15 is 0 Å². The maximum absolute atomic E-state index is 11.0. The second-order valence-corrected chi connectivity index (χ2v) is 6.55. The van der Waals surface area contributed by atoms with Crippen LogP contribution in [0.4, 0.5) is 11.4 Å². The lowest BCUT2D eigenvalue weighted by molar-refractivity contribution is -0.385. The number of methoxy groups -OCH3 is 1. The molecule has 23 heavy (non-hydrogen) atoms. The van der Waals surface area contributed by atoms with Crippen LogP contribution in [-0.2, 0) is 0 Å². The van der Waals surface area contributed by atoms with Gasteiger partial charge in [-0.3, -0.25) is 10.1 Å². The summed E-state index contributed by atoms with van der Waals surface area (Å²) in [5.41, 5.74) is 1.05. The molecule has 0 amide bonds. The minimum atomic E-state index is -0.398. The lowest BCUT2D eigenvalue weighted by Gasteiger charge is -2.35. The Balaban J connectivity index is 1.59. The van der Waals surface area contributed by atoms with E-state index in [-0.39, 0.29) is 5.69 Å². The Bertz CT molecular complexity index is 550. The monoisotopic (exact) mass is 319 g/mol. The number of ether oxygens (including phenoxy) is 1. The van der Waals surface area contributed by atoms with Crippen LogP contribution in [0.2, 0.25) is 0 Å². The van der Waals surface area contributed by atoms with E-state index in [0.29, 0.717) is 5.75 Å². The van der Waals surface area contributed by atoms with Gasteiger partial charge in [0.15, 0.2) is 5.75 Å². The van der Waals surface area contributed by atoms with Gasteiger partial charge in [-0.2, -0.15) is 0 Å². The SMILES string of the molecule is COc1cc(N2CCC(CN3CCCC3)CC2)ccc1[N+](=O)[O-]. The van der Waals surface area contributed by atoms with Gasteiger partial charge in [0, 0.05) is 37.5 Å². The minimum absolute atomic E-state index is 0.0279. The molecule has 0 aliphatic carbocycles. The Morgan fingerprint density at radius 2 is 1.91 bits per heavy atom. The summed E-state index contributed by atoms with van der Waals surface area (Å²) < 4.78 is 5.17. The number of anilines is 1. The van der Waals surface area contributed by atoms with Gasteiger partial charge >= 0.3 is 5.69 Å². The average molecular weight is 319 g/mol. The zero-order valence-electron chi connectivity index (χ0n) is 13.7. The first kappa shape index (κ1) is 16.1. The fourth-order valence-electron chi connectivity index (χ4n) is 3.72. The Morgan fingerprint density at radius 1 is 1.22 bits per heavy atom. The summed E-state index contributed by atoms with van der Waals surface area (Å²) in [5.74, 6) is 1.12. The zero-order chi connectivity index (χ0) is 16.2. The van der Waals surface area contributed by atoms with Crippen molar-refractivity contribution in [2.75, 3.05) is 44.7 Å². The van der Waals surface area contributed by atoms with Crippen molar-refractivity contribution in [3.63, 3.8) is 0 Å². The van der Waals surface area contributed by atoms with Gasteiger partial charge in [0.05, 0.1) is 12.0 Å². The number of nitro benzene ring substituents is 1. The van der Waals surface area contributed by atoms with Crippen molar-refractivity contribution in [1.29, 1.82) is 0 Å². The van der Waals surface area contributed by atoms with Crippen molar-refractivity contribution in [2.24, 2.45) is 5.92 Å². The van der Waals surface area contributed by atoms with E-state index in [1.807, 2.05) is 6.07 Å². The van der Waals surface area contributed by atoms with E-state index in [2.05, 4.69) is 9.80 Å². The number of likely N-dealkylation sites (tertiary alicyclic amines) is 1. The van der Waals surface area contributed by atoms with Gasteiger partial charge in [0.2, 0.25) is 0 Å². The predicted octanol–water partition coefficient (Wildman–Crippen LogP) is 2.92. The van der Waals surface area contributed by atoms with Crippen LogP contribution in [0.25, 0.3) is 0 Å². The third-order valence-corrected chi connectivity index (χ3v) is 5.05. The van der Waals surface area contributed by atoms with Crippen LogP contribution >= 0.6 is 0 Å². The molecule has 0 bridgehead atoms. The number of nitro groups is 1. The molecular formula is C17H25N3O3. The van der Waals surface area contributed by atoms with Gasteiger partial charge in [-0.1, -0.05) is 0 Å². The number of hydrogen-bond acceptors (Lipinski definition) is 5. The Hall–Kier alpha value is -1.82. The molecule has 1 aromatic rings. The van der Waals surface area contributed by atoms with Gasteiger partial charge in [-0.05, 0) is 50.8 Å². The first-order valence-corrected chi connectivity index (χ1v) is 8.47. The standard InChI is InChI=1S/C17H25N3O3/c1-23-17-12-15(4-5-16(17)20(21)22)19-10-6-14(7-11-19)13-18-8-2-3-9-18/h4-5,12,14H,2-3,6-11,13H2,1H3. The lowest BCUT2D eigenvalue weighted by Crippen LogP contribution is -2.38. The van der Waals surface area contributed by atoms with Crippen molar-refractivity contribution in [1.82, 2.24) is 4.90 Å². The molecule has 2 heterocycles. The van der Waals surface area contributed by atoms with E-state index < -0.39 is 4.92 Å². The fraction of sp³-hybridized carbons (Fsp3) is 0.647. The molecule has 6 heteroatoms. The highest BCUT2D eigenvalue weighted by Crippen LogP contribution is 2.33. The molecule has 2 saturated heterocycles. The van der Waals surface area contributed by atoms with Crippen molar-refractivity contribution in [3.05, 3.63) is 28.3 Å². The predicted molar refractivity (Wildman–Crippen MR) is 90.3 cm³/mol. The molecular weight excluding hydrogens is 294 g/mol. The van der Waals surface area contributed by atoms with Crippen LogP contribution in [0, 0.1) is 16.0 Å². The smallest absolute Gasteiger partial charge is 0.311 e. The largest absolute Gasteiger partial charge is 0.490 e. The van der Waals surface area contributed by atoms with Crippen LogP contribution in [0.5, 0.6) is 5.75 Å². The third kappa shape index (κ3) is 3.75. The highest BCUT2D eigenvalue weighted by Gasteiger charge is 2.24. The molecule has 0 N–H and O–H groups in total. The normalized spacial score (nSPS) is 20.0. The molecule has 2 fully saturated rings. The molecule has 2 aliphatic heterocycles. The third-order valence-electron chi connectivity index (χ3n) is 5.05. The molecule has 0 atom stereocenters. The molecule has 6 nitrogen and oxygen atoms in total. The van der Waals surface area contributed by atoms with Crippen LogP contribution in [-0.4, -0.2) is 49.7 Å². The highest BCUT2D eigenvalue weighted by molar-refractivity contribution is 5.59. The molecule has 1 aromatic carbocycles. The maximum Gasteiger partial charge on any atom is 0.311 e. The summed E-state index contributed by atoms with van der Waals surface area (Å²) in [6.45, 7) is 5.79. The molecule has 0 spiro atoms. The highest BCUT2D eigenvalue weighted by atomic mass is 16.6. The fourth-order valence-corrected chi connectivity index (χ4v) is 3.72. The summed E-state index contributed by atoms with van der Waals surface area (Å²) in [7, 11) is 1.48. The van der Waals surface area contributed by atoms with Crippen LogP contribution < -0.4 is 9.64 Å². The minimum Gasteiger partial charge on any atom is -0.490 e. The molecule has 0 unspecified atom stereocenters.